The summed E-state index contributed by atoms with van der Waals surface area (Å²) in [6.45, 7) is 5.67. The Morgan fingerprint density at radius 2 is 2.33 bits per heavy atom. The fraction of sp³-hybridized carbons (Fsp3) is 0.500. The van der Waals surface area contributed by atoms with Crippen LogP contribution in [0, 0.1) is 6.92 Å². The van der Waals surface area contributed by atoms with Crippen molar-refractivity contribution in [3.05, 3.63) is 22.7 Å². The van der Waals surface area contributed by atoms with Crippen LogP contribution in [0.5, 0.6) is 0 Å². The number of rotatable bonds is 4. The lowest BCUT2D eigenvalue weighted by Crippen LogP contribution is -2.44. The van der Waals surface area contributed by atoms with Crippen LogP contribution in [0.15, 0.2) is 17.0 Å². The minimum atomic E-state index is -0.424. The van der Waals surface area contributed by atoms with E-state index in [9.17, 15) is 9.59 Å². The average molecular weight is 325 g/mol. The van der Waals surface area contributed by atoms with Gasteiger partial charge in [-0.3, -0.25) is 9.59 Å². The number of nitrogens with zero attached hydrogens (tertiary/aromatic N) is 2. The predicted molar refractivity (Wildman–Crippen MR) is 87.5 cm³/mol. The third-order valence-corrected chi connectivity index (χ3v) is 5.03. The molecule has 1 aromatic rings. The number of nitrogens with one attached hydrogen (secondary N) is 1. The first-order valence-corrected chi connectivity index (χ1v) is 8.84. The normalized spacial score (nSPS) is 18.9. The Balaban J connectivity index is 2.05. The molecule has 2 amide bonds. The van der Waals surface area contributed by atoms with Crippen LogP contribution in [0.1, 0.15) is 26.0 Å². The van der Waals surface area contributed by atoms with Crippen molar-refractivity contribution in [3.63, 3.8) is 0 Å². The van der Waals surface area contributed by atoms with Gasteiger partial charge in [0.15, 0.2) is 5.13 Å². The SMILES string of the molecule is CC/C=C(/C)C(=O)N1CSC[C@H]1C(=O)Nc1nc(C)cs1. The van der Waals surface area contributed by atoms with Crippen molar-refractivity contribution in [2.75, 3.05) is 16.9 Å². The highest BCUT2D eigenvalue weighted by Crippen LogP contribution is 2.24. The number of carbonyl (C=O) groups excluding carboxylic acids is 2. The number of allylic oxidation sites excluding steroid dienone is 1. The number of hydrogen-bond acceptors (Lipinski definition) is 5. The van der Waals surface area contributed by atoms with Gasteiger partial charge in [0.05, 0.1) is 11.6 Å². The first-order chi connectivity index (χ1) is 10.0. The van der Waals surface area contributed by atoms with E-state index in [1.54, 1.807) is 23.6 Å². The van der Waals surface area contributed by atoms with Crippen LogP contribution in [-0.4, -0.2) is 39.4 Å². The first kappa shape index (κ1) is 16.0. The quantitative estimate of drug-likeness (QED) is 0.865. The molecule has 0 aliphatic carbocycles. The Hall–Kier alpha value is -1.34. The third-order valence-electron chi connectivity index (χ3n) is 3.14. The summed E-state index contributed by atoms with van der Waals surface area (Å²) in [4.78, 5) is 30.6. The van der Waals surface area contributed by atoms with Crippen molar-refractivity contribution < 1.29 is 9.59 Å². The number of aryl methyl sites for hydroxylation is 1. The zero-order valence-corrected chi connectivity index (χ0v) is 14.0. The van der Waals surface area contributed by atoms with Crippen molar-refractivity contribution in [3.8, 4) is 0 Å². The summed E-state index contributed by atoms with van der Waals surface area (Å²) in [7, 11) is 0. The van der Waals surface area contributed by atoms with Crippen LogP contribution in [0.2, 0.25) is 0 Å². The van der Waals surface area contributed by atoms with Gasteiger partial charge in [0.2, 0.25) is 5.91 Å². The second kappa shape index (κ2) is 7.09. The molecular weight excluding hydrogens is 306 g/mol. The average Bonchev–Trinajstić information content (AvgIpc) is 3.07. The number of thioether (sulfide) groups is 1. The summed E-state index contributed by atoms with van der Waals surface area (Å²) in [5, 5.41) is 5.27. The van der Waals surface area contributed by atoms with Gasteiger partial charge in [-0.05, 0) is 20.3 Å². The van der Waals surface area contributed by atoms with Crippen molar-refractivity contribution in [2.24, 2.45) is 0 Å². The largest absolute Gasteiger partial charge is 0.317 e. The van der Waals surface area contributed by atoms with Crippen molar-refractivity contribution in [2.45, 2.75) is 33.2 Å². The van der Waals surface area contributed by atoms with Gasteiger partial charge in [-0.25, -0.2) is 4.98 Å². The maximum atomic E-state index is 12.4. The van der Waals surface area contributed by atoms with Crippen LogP contribution < -0.4 is 5.32 Å². The Kier molecular flexibility index (Phi) is 5.41. The fourth-order valence-electron chi connectivity index (χ4n) is 2.08. The van der Waals surface area contributed by atoms with Crippen molar-refractivity contribution in [1.82, 2.24) is 9.88 Å². The number of amides is 2. The first-order valence-electron chi connectivity index (χ1n) is 6.81. The van der Waals surface area contributed by atoms with Gasteiger partial charge >= 0.3 is 0 Å². The molecule has 2 heterocycles. The zero-order chi connectivity index (χ0) is 15.4. The lowest BCUT2D eigenvalue weighted by Gasteiger charge is -2.23. The Bertz CT molecular complexity index is 568. The Morgan fingerprint density at radius 1 is 1.57 bits per heavy atom. The summed E-state index contributed by atoms with van der Waals surface area (Å²) in [5.41, 5.74) is 1.58. The van der Waals surface area contributed by atoms with Crippen LogP contribution >= 0.6 is 23.1 Å². The summed E-state index contributed by atoms with van der Waals surface area (Å²) in [6.07, 6.45) is 2.71. The van der Waals surface area contributed by atoms with E-state index in [-0.39, 0.29) is 11.8 Å². The summed E-state index contributed by atoms with van der Waals surface area (Å²) in [6, 6.07) is -0.424. The Labute approximate surface area is 132 Å². The molecule has 1 aliphatic heterocycles. The van der Waals surface area contributed by atoms with Gasteiger partial charge in [0.1, 0.15) is 6.04 Å². The minimum absolute atomic E-state index is 0.0580. The number of carbonyl (C=O) groups is 2. The van der Waals surface area contributed by atoms with Gasteiger partial charge in [-0.15, -0.1) is 23.1 Å². The summed E-state index contributed by atoms with van der Waals surface area (Å²) in [5.74, 6) is 0.966. The van der Waals surface area contributed by atoms with Crippen LogP contribution in [0.4, 0.5) is 5.13 Å². The lowest BCUT2D eigenvalue weighted by atomic mass is 10.2. The topological polar surface area (TPSA) is 62.3 Å². The highest BCUT2D eigenvalue weighted by molar-refractivity contribution is 7.99. The predicted octanol–water partition coefficient (Wildman–Crippen LogP) is 2.65. The molecule has 2 rings (SSSR count). The minimum Gasteiger partial charge on any atom is -0.317 e. The van der Waals surface area contributed by atoms with E-state index in [1.165, 1.54) is 11.3 Å². The van der Waals surface area contributed by atoms with E-state index >= 15 is 0 Å². The molecule has 1 N–H and O–H groups in total. The maximum absolute atomic E-state index is 12.4. The second-order valence-electron chi connectivity index (χ2n) is 4.87. The molecule has 114 valence electrons. The van der Waals surface area contributed by atoms with Gasteiger partial charge < -0.3 is 10.2 Å². The van der Waals surface area contributed by atoms with Gasteiger partial charge in [-0.2, -0.15) is 0 Å². The molecule has 21 heavy (non-hydrogen) atoms. The van der Waals surface area contributed by atoms with E-state index in [0.29, 0.717) is 22.3 Å². The molecule has 0 saturated carbocycles. The number of hydrogen-bond donors (Lipinski definition) is 1. The highest BCUT2D eigenvalue weighted by Gasteiger charge is 2.35. The van der Waals surface area contributed by atoms with Gasteiger partial charge in [0.25, 0.3) is 5.91 Å². The fourth-order valence-corrected chi connectivity index (χ4v) is 3.93. The van der Waals surface area contributed by atoms with Crippen molar-refractivity contribution >= 4 is 40.0 Å². The zero-order valence-electron chi connectivity index (χ0n) is 12.4. The van der Waals surface area contributed by atoms with E-state index < -0.39 is 6.04 Å². The summed E-state index contributed by atoms with van der Waals surface area (Å²) >= 11 is 2.99. The molecule has 7 heteroatoms. The molecule has 0 unspecified atom stereocenters. The third kappa shape index (κ3) is 3.85. The molecule has 0 spiro atoms. The van der Waals surface area contributed by atoms with Gasteiger partial charge in [0, 0.05) is 16.7 Å². The molecule has 0 bridgehead atoms. The summed E-state index contributed by atoms with van der Waals surface area (Å²) < 4.78 is 0. The molecule has 1 atom stereocenters. The maximum Gasteiger partial charge on any atom is 0.250 e. The standard InChI is InChI=1S/C14H19N3O2S2/c1-4-5-9(2)13(19)17-8-20-7-11(17)12(18)16-14-15-10(3)6-21-14/h5-6,11H,4,7-8H2,1-3H3,(H,15,16,18)/b9-5-/t11-/m0/s1. The second-order valence-corrected chi connectivity index (χ2v) is 6.73. The molecular formula is C14H19N3O2S2. The molecule has 1 fully saturated rings. The Morgan fingerprint density at radius 3 is 2.95 bits per heavy atom. The van der Waals surface area contributed by atoms with E-state index in [2.05, 4.69) is 10.3 Å². The monoisotopic (exact) mass is 325 g/mol. The number of thiazole rings is 1. The van der Waals surface area contributed by atoms with Crippen molar-refractivity contribution in [1.29, 1.82) is 0 Å². The van der Waals surface area contributed by atoms with E-state index in [4.69, 9.17) is 0 Å². The number of aromatic nitrogens is 1. The number of anilines is 1. The molecule has 0 radical (unpaired) electrons. The van der Waals surface area contributed by atoms with E-state index in [1.807, 2.05) is 25.3 Å². The highest BCUT2D eigenvalue weighted by atomic mass is 32.2. The van der Waals surface area contributed by atoms with E-state index in [0.717, 1.165) is 12.1 Å². The van der Waals surface area contributed by atoms with Crippen LogP contribution in [0.3, 0.4) is 0 Å². The van der Waals surface area contributed by atoms with Crippen LogP contribution in [0.25, 0.3) is 0 Å². The molecule has 1 aliphatic rings. The molecule has 1 saturated heterocycles. The van der Waals surface area contributed by atoms with Crippen LogP contribution in [-0.2, 0) is 9.59 Å². The molecule has 0 aromatic carbocycles. The molecule has 5 nitrogen and oxygen atoms in total. The molecule has 1 aromatic heterocycles. The van der Waals surface area contributed by atoms with Gasteiger partial charge in [-0.1, -0.05) is 13.0 Å². The smallest absolute Gasteiger partial charge is 0.250 e. The lowest BCUT2D eigenvalue weighted by molar-refractivity contribution is -0.133.